The molecule has 0 saturated heterocycles. The summed E-state index contributed by atoms with van der Waals surface area (Å²) >= 11 is 0. The van der Waals surface area contributed by atoms with Crippen molar-refractivity contribution >= 4 is 5.97 Å². The van der Waals surface area contributed by atoms with Crippen LogP contribution in [0.15, 0.2) is 36.5 Å². The lowest BCUT2D eigenvalue weighted by molar-refractivity contribution is -0.138. The number of hydrogen-bond acceptors (Lipinski definition) is 2. The highest BCUT2D eigenvalue weighted by molar-refractivity contribution is 5.72. The molecule has 0 bridgehead atoms. The Kier molecular flexibility index (Phi) is 14.1. The van der Waals surface area contributed by atoms with Gasteiger partial charge in [0, 0.05) is 0 Å². The van der Waals surface area contributed by atoms with E-state index in [-0.39, 0.29) is 0 Å². The van der Waals surface area contributed by atoms with Gasteiger partial charge in [-0.1, -0.05) is 62.6 Å². The number of carbonyl (C=O) groups is 1. The van der Waals surface area contributed by atoms with Gasteiger partial charge in [0.2, 0.25) is 0 Å². The average Bonchev–Trinajstić information content (AvgIpc) is 2.47. The monoisotopic (exact) mass is 293 g/mol. The Labute approximate surface area is 129 Å². The van der Waals surface area contributed by atoms with Gasteiger partial charge in [0.05, 0.1) is 0 Å². The van der Waals surface area contributed by atoms with Gasteiger partial charge in [-0.25, -0.2) is 0 Å². The van der Waals surface area contributed by atoms with Crippen molar-refractivity contribution in [3.63, 3.8) is 0 Å². The number of unbranched alkanes of at least 4 members (excludes halogenated alkanes) is 4. The fourth-order valence-electron chi connectivity index (χ4n) is 1.93. The second kappa shape index (κ2) is 15.0. The van der Waals surface area contributed by atoms with Gasteiger partial charge in [0.25, 0.3) is 0 Å². The van der Waals surface area contributed by atoms with Gasteiger partial charge in [0.1, 0.15) is 6.04 Å². The molecule has 1 unspecified atom stereocenters. The number of rotatable bonds is 13. The van der Waals surface area contributed by atoms with Crippen LogP contribution < -0.4 is 5.73 Å². The molecule has 120 valence electrons. The smallest absolute Gasteiger partial charge is 0.320 e. The molecule has 0 rings (SSSR count). The van der Waals surface area contributed by atoms with Gasteiger partial charge >= 0.3 is 5.97 Å². The number of carboxylic acid groups (broad SMARTS) is 1. The number of allylic oxidation sites excluding steroid dienone is 6. The molecule has 0 aromatic rings. The molecule has 3 nitrogen and oxygen atoms in total. The largest absolute Gasteiger partial charge is 0.480 e. The highest BCUT2D eigenvalue weighted by Crippen LogP contribution is 2.07. The fraction of sp³-hybridized carbons (Fsp3) is 0.611. The van der Waals surface area contributed by atoms with E-state index in [9.17, 15) is 4.79 Å². The molecule has 0 aliphatic heterocycles. The van der Waals surface area contributed by atoms with Gasteiger partial charge in [-0.3, -0.25) is 4.79 Å². The molecule has 3 heteroatoms. The molecule has 0 radical (unpaired) electrons. The van der Waals surface area contributed by atoms with Gasteiger partial charge in [-0.2, -0.15) is 0 Å². The van der Waals surface area contributed by atoms with E-state index < -0.39 is 12.0 Å². The van der Waals surface area contributed by atoms with Crippen molar-refractivity contribution in [1.29, 1.82) is 0 Å². The van der Waals surface area contributed by atoms with Crippen LogP contribution in [0.2, 0.25) is 0 Å². The first kappa shape index (κ1) is 19.7. The molecule has 1 atom stereocenters. The minimum absolute atomic E-state index is 0.586. The van der Waals surface area contributed by atoms with Crippen molar-refractivity contribution in [2.75, 3.05) is 0 Å². The molecule has 0 aromatic carbocycles. The third-order valence-electron chi connectivity index (χ3n) is 3.23. The molecule has 0 aromatic heterocycles. The summed E-state index contributed by atoms with van der Waals surface area (Å²) in [5.74, 6) is -0.892. The number of hydrogen-bond donors (Lipinski definition) is 2. The molecular formula is C18H31NO2. The van der Waals surface area contributed by atoms with E-state index in [0.29, 0.717) is 6.42 Å². The van der Waals surface area contributed by atoms with E-state index >= 15 is 0 Å². The molecule has 0 aliphatic rings. The third-order valence-corrected chi connectivity index (χ3v) is 3.23. The lowest BCUT2D eigenvalue weighted by Gasteiger charge is -2.04. The normalized spacial score (nSPS) is 13.6. The van der Waals surface area contributed by atoms with E-state index in [4.69, 9.17) is 10.8 Å². The van der Waals surface area contributed by atoms with E-state index in [2.05, 4.69) is 43.4 Å². The first-order chi connectivity index (χ1) is 10.2. The Morgan fingerprint density at radius 1 is 0.952 bits per heavy atom. The van der Waals surface area contributed by atoms with E-state index in [1.54, 1.807) is 0 Å². The zero-order valence-corrected chi connectivity index (χ0v) is 13.3. The van der Waals surface area contributed by atoms with Crippen LogP contribution in [0.25, 0.3) is 0 Å². The van der Waals surface area contributed by atoms with Crippen molar-refractivity contribution in [3.05, 3.63) is 36.5 Å². The van der Waals surface area contributed by atoms with Crippen molar-refractivity contribution in [2.24, 2.45) is 5.73 Å². The van der Waals surface area contributed by atoms with Crippen molar-refractivity contribution in [3.8, 4) is 0 Å². The molecule has 21 heavy (non-hydrogen) atoms. The molecule has 0 aliphatic carbocycles. The third kappa shape index (κ3) is 14.9. The molecular weight excluding hydrogens is 262 g/mol. The maximum absolute atomic E-state index is 10.5. The minimum atomic E-state index is -0.892. The Bertz CT molecular complexity index is 332. The highest BCUT2D eigenvalue weighted by atomic mass is 16.4. The number of nitrogens with two attached hydrogens (primary N) is 1. The van der Waals surface area contributed by atoms with Crippen LogP contribution in [0.5, 0.6) is 0 Å². The summed E-state index contributed by atoms with van der Waals surface area (Å²) in [4.78, 5) is 10.5. The van der Waals surface area contributed by atoms with Crippen LogP contribution in [0.1, 0.15) is 64.7 Å². The fourth-order valence-corrected chi connectivity index (χ4v) is 1.93. The molecule has 0 fully saturated rings. The van der Waals surface area contributed by atoms with Gasteiger partial charge in [0.15, 0.2) is 0 Å². The van der Waals surface area contributed by atoms with Crippen LogP contribution in [0.4, 0.5) is 0 Å². The Morgan fingerprint density at radius 2 is 1.52 bits per heavy atom. The summed E-state index contributed by atoms with van der Waals surface area (Å²) < 4.78 is 0. The van der Waals surface area contributed by atoms with Crippen molar-refractivity contribution in [2.45, 2.75) is 70.8 Å². The summed E-state index contributed by atoms with van der Waals surface area (Å²) in [5, 5.41) is 8.64. The quantitative estimate of drug-likeness (QED) is 0.385. The number of carboxylic acids is 1. The number of aliphatic carboxylic acids is 1. The summed E-state index contributed by atoms with van der Waals surface area (Å²) in [7, 11) is 0. The zero-order valence-electron chi connectivity index (χ0n) is 13.3. The summed E-state index contributed by atoms with van der Waals surface area (Å²) in [6.45, 7) is 2.14. The Balaban J connectivity index is 3.33. The second-order valence-corrected chi connectivity index (χ2v) is 5.23. The zero-order chi connectivity index (χ0) is 15.8. The molecule has 0 amide bonds. The highest BCUT2D eigenvalue weighted by Gasteiger charge is 2.09. The molecule has 3 N–H and O–H groups in total. The maximum atomic E-state index is 10.5. The summed E-state index contributed by atoms with van der Waals surface area (Å²) in [6.07, 6.45) is 22.3. The first-order valence-corrected chi connectivity index (χ1v) is 8.11. The molecule has 0 heterocycles. The van der Waals surface area contributed by atoms with Crippen molar-refractivity contribution < 1.29 is 9.90 Å². The Morgan fingerprint density at radius 3 is 2.14 bits per heavy atom. The summed E-state index contributed by atoms with van der Waals surface area (Å²) in [5.41, 5.74) is 5.44. The topological polar surface area (TPSA) is 63.3 Å². The van der Waals surface area contributed by atoms with Gasteiger partial charge in [-0.15, -0.1) is 0 Å². The van der Waals surface area contributed by atoms with Crippen LogP contribution in [0, 0.1) is 0 Å². The second-order valence-electron chi connectivity index (χ2n) is 5.23. The summed E-state index contributed by atoms with van der Waals surface area (Å²) in [6, 6.07) is -0.691. The maximum Gasteiger partial charge on any atom is 0.320 e. The van der Waals surface area contributed by atoms with Crippen LogP contribution in [-0.2, 0) is 4.79 Å². The Hall–Kier alpha value is -1.35. The van der Waals surface area contributed by atoms with E-state index in [1.165, 1.54) is 6.42 Å². The molecule has 0 spiro atoms. The predicted octanol–water partition coefficient (Wildman–Crippen LogP) is 4.60. The lowest BCUT2D eigenvalue weighted by atomic mass is 10.1. The molecule has 0 saturated carbocycles. The van der Waals surface area contributed by atoms with Gasteiger partial charge in [-0.05, 0) is 38.5 Å². The van der Waals surface area contributed by atoms with E-state index in [0.717, 1.165) is 44.9 Å². The predicted molar refractivity (Wildman–Crippen MR) is 90.3 cm³/mol. The van der Waals surface area contributed by atoms with Gasteiger partial charge < -0.3 is 10.8 Å². The standard InChI is InChI=1S/C18H31NO2/c1-2-3-4-5-6-7-8-9-10-11-12-13-14-15-16-17(19)18(20)21/h3-4,6-7,9-10,17H,2,5,8,11-16,19H2,1H3,(H,20,21)/b4-3-,7-6-,10-9-. The minimum Gasteiger partial charge on any atom is -0.480 e. The SMILES string of the molecule is CC/C=C\C/C=C\C/C=C\CCCCCCC(N)C(=O)O. The first-order valence-electron chi connectivity index (χ1n) is 8.11. The van der Waals surface area contributed by atoms with Crippen molar-refractivity contribution in [1.82, 2.24) is 0 Å². The van der Waals surface area contributed by atoms with Crippen LogP contribution in [-0.4, -0.2) is 17.1 Å². The van der Waals surface area contributed by atoms with Crippen LogP contribution >= 0.6 is 0 Å². The average molecular weight is 293 g/mol. The lowest BCUT2D eigenvalue weighted by Crippen LogP contribution is -2.29. The van der Waals surface area contributed by atoms with E-state index in [1.807, 2.05) is 0 Å². The van der Waals surface area contributed by atoms with Crippen LogP contribution in [0.3, 0.4) is 0 Å².